The van der Waals surface area contributed by atoms with Gasteiger partial charge in [0.15, 0.2) is 17.5 Å². The van der Waals surface area contributed by atoms with Crippen molar-refractivity contribution in [3.05, 3.63) is 57.5 Å². The summed E-state index contributed by atoms with van der Waals surface area (Å²) in [6.07, 6.45) is -0.916. The molecule has 0 saturated heterocycles. The van der Waals surface area contributed by atoms with E-state index in [1.54, 1.807) is 16.8 Å². The van der Waals surface area contributed by atoms with Crippen molar-refractivity contribution in [1.82, 2.24) is 5.32 Å². The molecule has 0 radical (unpaired) electrons. The minimum atomic E-state index is -1.63. The molecule has 0 aliphatic heterocycles. The first-order valence-electron chi connectivity index (χ1n) is 5.62. The molecule has 2 aromatic rings. The van der Waals surface area contributed by atoms with E-state index in [1.807, 2.05) is 0 Å². The van der Waals surface area contributed by atoms with Crippen molar-refractivity contribution >= 4 is 17.2 Å². The maximum atomic E-state index is 13.0. The van der Waals surface area contributed by atoms with E-state index in [0.717, 1.165) is 0 Å². The second kappa shape index (κ2) is 6.06. The van der Waals surface area contributed by atoms with E-state index >= 15 is 0 Å². The molecule has 0 aliphatic rings. The lowest BCUT2D eigenvalue weighted by atomic mass is 10.1. The minimum absolute atomic E-state index is 0.115. The molecular formula is C13H10F3NO2S. The van der Waals surface area contributed by atoms with E-state index in [-0.39, 0.29) is 12.1 Å². The first-order chi connectivity index (χ1) is 9.49. The third-order valence-electron chi connectivity index (χ3n) is 2.63. The highest BCUT2D eigenvalue weighted by molar-refractivity contribution is 7.07. The van der Waals surface area contributed by atoms with E-state index in [4.69, 9.17) is 0 Å². The third kappa shape index (κ3) is 3.17. The van der Waals surface area contributed by atoms with Gasteiger partial charge in [0.1, 0.15) is 0 Å². The summed E-state index contributed by atoms with van der Waals surface area (Å²) in [6, 6.07) is 2.90. The Bertz CT molecular complexity index is 593. The molecule has 1 aromatic heterocycles. The molecule has 1 amide bonds. The summed E-state index contributed by atoms with van der Waals surface area (Å²) in [5, 5.41) is 15.5. The number of carbonyl (C=O) groups is 1. The molecule has 1 heterocycles. The molecule has 0 unspecified atom stereocenters. The lowest BCUT2D eigenvalue weighted by molar-refractivity contribution is 0.0915. The topological polar surface area (TPSA) is 49.3 Å². The Balaban J connectivity index is 2.02. The fourth-order valence-electron chi connectivity index (χ4n) is 1.56. The normalized spacial score (nSPS) is 12.2. The number of hydrogen-bond acceptors (Lipinski definition) is 3. The van der Waals surface area contributed by atoms with Gasteiger partial charge in [-0.05, 0) is 34.5 Å². The summed E-state index contributed by atoms with van der Waals surface area (Å²) in [5.41, 5.74) is 0.283. The second-order valence-electron chi connectivity index (χ2n) is 4.04. The third-order valence-corrected chi connectivity index (χ3v) is 3.33. The Morgan fingerprint density at radius 3 is 2.50 bits per heavy atom. The van der Waals surface area contributed by atoms with Crippen LogP contribution < -0.4 is 5.32 Å². The highest BCUT2D eigenvalue weighted by Crippen LogP contribution is 2.16. The van der Waals surface area contributed by atoms with Crippen molar-refractivity contribution in [2.75, 3.05) is 6.54 Å². The Kier molecular flexibility index (Phi) is 4.41. The summed E-state index contributed by atoms with van der Waals surface area (Å²) >= 11 is 1.39. The van der Waals surface area contributed by atoms with Gasteiger partial charge in [0, 0.05) is 12.1 Å². The van der Waals surface area contributed by atoms with Crippen LogP contribution >= 0.6 is 11.3 Å². The summed E-state index contributed by atoms with van der Waals surface area (Å²) < 4.78 is 38.7. The van der Waals surface area contributed by atoms with E-state index in [0.29, 0.717) is 17.7 Å². The monoisotopic (exact) mass is 301 g/mol. The van der Waals surface area contributed by atoms with Crippen LogP contribution in [0, 0.1) is 17.5 Å². The average Bonchev–Trinajstić information content (AvgIpc) is 2.95. The number of benzene rings is 1. The van der Waals surface area contributed by atoms with Gasteiger partial charge in [0.05, 0.1) is 6.10 Å². The van der Waals surface area contributed by atoms with E-state index in [1.165, 1.54) is 11.3 Å². The van der Waals surface area contributed by atoms with Crippen molar-refractivity contribution in [1.29, 1.82) is 0 Å². The molecular weight excluding hydrogens is 291 g/mol. The quantitative estimate of drug-likeness (QED) is 0.853. The Hall–Kier alpha value is -1.86. The average molecular weight is 301 g/mol. The number of amides is 1. The molecule has 0 spiro atoms. The fourth-order valence-corrected chi connectivity index (χ4v) is 2.27. The molecule has 0 saturated carbocycles. The number of hydrogen-bond donors (Lipinski definition) is 2. The predicted octanol–water partition coefficient (Wildman–Crippen LogP) is 2.63. The smallest absolute Gasteiger partial charge is 0.251 e. The van der Waals surface area contributed by atoms with Gasteiger partial charge in [-0.15, -0.1) is 0 Å². The van der Waals surface area contributed by atoms with Crippen LogP contribution in [0.4, 0.5) is 13.2 Å². The standard InChI is InChI=1S/C13H10F3NO2S/c14-9-3-8(4-10(15)12(9)16)13(19)17-5-11(18)7-1-2-20-6-7/h1-4,6,11,18H,5H2,(H,17,19)/t11-/m1/s1. The fraction of sp³-hybridized carbons (Fsp3) is 0.154. The summed E-state index contributed by atoms with van der Waals surface area (Å²) in [5.74, 6) is -5.29. The number of thiophene rings is 1. The van der Waals surface area contributed by atoms with Crippen LogP contribution in [0.5, 0.6) is 0 Å². The van der Waals surface area contributed by atoms with Gasteiger partial charge in [0.2, 0.25) is 0 Å². The van der Waals surface area contributed by atoms with E-state index < -0.39 is 29.5 Å². The Labute approximate surface area is 116 Å². The van der Waals surface area contributed by atoms with Gasteiger partial charge in [-0.1, -0.05) is 0 Å². The number of aliphatic hydroxyl groups excluding tert-OH is 1. The second-order valence-corrected chi connectivity index (χ2v) is 4.82. The number of carbonyl (C=O) groups excluding carboxylic acids is 1. The first kappa shape index (κ1) is 14.5. The molecule has 20 heavy (non-hydrogen) atoms. The van der Waals surface area contributed by atoms with Crippen LogP contribution in [0.1, 0.15) is 22.0 Å². The molecule has 2 rings (SSSR count). The van der Waals surface area contributed by atoms with Gasteiger partial charge < -0.3 is 10.4 Å². The van der Waals surface area contributed by atoms with Gasteiger partial charge >= 0.3 is 0 Å². The summed E-state index contributed by atoms with van der Waals surface area (Å²) in [4.78, 5) is 11.7. The molecule has 0 aliphatic carbocycles. The van der Waals surface area contributed by atoms with E-state index in [2.05, 4.69) is 5.32 Å². The lowest BCUT2D eigenvalue weighted by Crippen LogP contribution is -2.28. The molecule has 7 heteroatoms. The zero-order valence-corrected chi connectivity index (χ0v) is 10.9. The van der Waals surface area contributed by atoms with Gasteiger partial charge in [-0.25, -0.2) is 13.2 Å². The summed E-state index contributed by atoms with van der Waals surface area (Å²) in [6.45, 7) is -0.115. The zero-order valence-electron chi connectivity index (χ0n) is 10.1. The van der Waals surface area contributed by atoms with Crippen molar-refractivity contribution in [3.63, 3.8) is 0 Å². The van der Waals surface area contributed by atoms with Crippen molar-refractivity contribution in [2.24, 2.45) is 0 Å². The van der Waals surface area contributed by atoms with Crippen LogP contribution in [-0.4, -0.2) is 17.6 Å². The van der Waals surface area contributed by atoms with Crippen molar-refractivity contribution < 1.29 is 23.1 Å². The molecule has 0 bridgehead atoms. The maximum Gasteiger partial charge on any atom is 0.251 e. The van der Waals surface area contributed by atoms with E-state index in [9.17, 15) is 23.1 Å². The maximum absolute atomic E-state index is 13.0. The Morgan fingerprint density at radius 1 is 1.30 bits per heavy atom. The van der Waals surface area contributed by atoms with Crippen LogP contribution in [0.2, 0.25) is 0 Å². The molecule has 1 aromatic carbocycles. The SMILES string of the molecule is O=C(NC[C@@H](O)c1ccsc1)c1cc(F)c(F)c(F)c1. The number of rotatable bonds is 4. The minimum Gasteiger partial charge on any atom is -0.387 e. The Morgan fingerprint density at radius 2 is 1.95 bits per heavy atom. The highest BCUT2D eigenvalue weighted by Gasteiger charge is 2.16. The summed E-state index contributed by atoms with van der Waals surface area (Å²) in [7, 11) is 0. The molecule has 0 fully saturated rings. The largest absolute Gasteiger partial charge is 0.387 e. The van der Waals surface area contributed by atoms with Crippen LogP contribution in [-0.2, 0) is 0 Å². The molecule has 2 N–H and O–H groups in total. The number of aliphatic hydroxyl groups is 1. The van der Waals surface area contributed by atoms with Gasteiger partial charge in [-0.3, -0.25) is 4.79 Å². The number of nitrogens with one attached hydrogen (secondary N) is 1. The van der Waals surface area contributed by atoms with Gasteiger partial charge in [-0.2, -0.15) is 11.3 Å². The van der Waals surface area contributed by atoms with Crippen LogP contribution in [0.15, 0.2) is 29.0 Å². The van der Waals surface area contributed by atoms with Crippen molar-refractivity contribution in [3.8, 4) is 0 Å². The van der Waals surface area contributed by atoms with Crippen LogP contribution in [0.3, 0.4) is 0 Å². The van der Waals surface area contributed by atoms with Crippen molar-refractivity contribution in [2.45, 2.75) is 6.10 Å². The zero-order chi connectivity index (χ0) is 14.7. The molecule has 1 atom stereocenters. The first-order valence-corrected chi connectivity index (χ1v) is 6.56. The van der Waals surface area contributed by atoms with Crippen LogP contribution in [0.25, 0.3) is 0 Å². The lowest BCUT2D eigenvalue weighted by Gasteiger charge is -2.10. The molecule has 106 valence electrons. The number of halogens is 3. The highest BCUT2D eigenvalue weighted by atomic mass is 32.1. The predicted molar refractivity (Wildman–Crippen MR) is 67.9 cm³/mol. The molecule has 3 nitrogen and oxygen atoms in total. The van der Waals surface area contributed by atoms with Gasteiger partial charge in [0.25, 0.3) is 5.91 Å².